The molecule has 4 aliphatic rings. The molecule has 170 valence electrons. The van der Waals surface area contributed by atoms with Crippen LogP contribution in [0.1, 0.15) is 53.3 Å². The van der Waals surface area contributed by atoms with Crippen LogP contribution in [0.4, 0.5) is 0 Å². The molecule has 0 spiro atoms. The molecule has 3 saturated carbocycles. The predicted molar refractivity (Wildman–Crippen MR) is 134 cm³/mol. The number of hydrogen-bond donors (Lipinski definition) is 2. The van der Waals surface area contributed by atoms with Crippen molar-refractivity contribution < 1.29 is 4.11 Å². The lowest BCUT2D eigenvalue weighted by Crippen LogP contribution is -2.55. The molecule has 3 heterocycles. The van der Waals surface area contributed by atoms with Crippen LogP contribution in [-0.4, -0.2) is 41.4 Å². The van der Waals surface area contributed by atoms with E-state index >= 15 is 0 Å². The molecule has 1 atom stereocenters. The average Bonchev–Trinajstić information content (AvgIpc) is 3.33. The largest absolute Gasteiger partial charge is 0.298 e. The minimum Gasteiger partial charge on any atom is -0.298 e. The molecule has 0 radical (unpaired) electrons. The van der Waals surface area contributed by atoms with Crippen molar-refractivity contribution in [2.24, 2.45) is 12.4 Å². The number of hydrogen-bond acceptors (Lipinski definition) is 6. The normalized spacial score (nSPS) is 33.6. The van der Waals surface area contributed by atoms with E-state index in [9.17, 15) is 4.79 Å². The Morgan fingerprint density at radius 3 is 2.55 bits per heavy atom. The fraction of sp³-hybridized carbons (Fsp3) is 0.727. The summed E-state index contributed by atoms with van der Waals surface area (Å²) in [6.07, 6.45) is 6.78. The molecule has 3 aliphatic carbocycles. The topological polar surface area (TPSA) is 62.2 Å². The molecule has 0 amide bonds. The molecule has 0 aromatic carbocycles. The molecule has 1 unspecified atom stereocenters. The molecule has 2 bridgehead atoms. The van der Waals surface area contributed by atoms with Crippen molar-refractivity contribution in [2.75, 3.05) is 12.7 Å². The Labute approximate surface area is 202 Å². The predicted octanol–water partition coefficient (Wildman–Crippen LogP) is 4.23. The fourth-order valence-corrected chi connectivity index (χ4v) is 8.97. The molecule has 6 rings (SSSR count). The lowest BCUT2D eigenvalue weighted by atomic mass is 9.51. The Balaban J connectivity index is 1.47. The average molecular weight is 528 g/mol. The quantitative estimate of drug-likeness (QED) is 0.583. The van der Waals surface area contributed by atoms with Crippen molar-refractivity contribution in [3.63, 3.8) is 0 Å². The maximum absolute atomic E-state index is 13.4. The van der Waals surface area contributed by atoms with Crippen LogP contribution in [0.15, 0.2) is 9.27 Å². The van der Waals surface area contributed by atoms with Gasteiger partial charge in [0.05, 0.1) is 12.5 Å². The third kappa shape index (κ3) is 3.60. The van der Waals surface area contributed by atoms with E-state index in [1.807, 2.05) is 6.92 Å². The van der Waals surface area contributed by atoms with Crippen LogP contribution >= 0.6 is 27.3 Å². The third-order valence-corrected chi connectivity index (χ3v) is 11.4. The highest BCUT2D eigenvalue weighted by molar-refractivity contribution is 9.10. The van der Waals surface area contributed by atoms with Crippen molar-refractivity contribution >= 4 is 45.6 Å². The minimum absolute atomic E-state index is 0.206. The molecule has 4 fully saturated rings. The Hall–Kier alpha value is -0.583. The van der Waals surface area contributed by atoms with Crippen LogP contribution in [-0.2, 0) is 12.4 Å². The van der Waals surface area contributed by atoms with Crippen molar-refractivity contribution in [3.05, 3.63) is 25.5 Å². The summed E-state index contributed by atoms with van der Waals surface area (Å²) in [4.78, 5) is 19.3. The van der Waals surface area contributed by atoms with E-state index in [4.69, 9.17) is 9.10 Å². The highest BCUT2D eigenvalue weighted by Gasteiger charge is 2.55. The second-order valence-electron chi connectivity index (χ2n) is 11.1. The van der Waals surface area contributed by atoms with Crippen molar-refractivity contribution in [1.29, 1.82) is 0 Å². The Kier molecular flexibility index (Phi) is 4.53. The molecule has 2 N–H and O–H groups in total. The van der Waals surface area contributed by atoms with Gasteiger partial charge in [0.2, 0.25) is 0 Å². The molecule has 9 heteroatoms. The molecular formula is C22H34BrN5OSSi. The first-order valence-corrected chi connectivity index (χ1v) is 16.6. The standard InChI is InChI=1S/C22H34BrN5OSSi/c1-14-16(23)17-18(30-14)19(29)27(2)20(24-17)22-9-6-21(7-10-22,8-11-22)15-12-28(26-25-15)13-31(3,4)5/h15,25-26H,6-13H2,1-5H3/i2D3. The van der Waals surface area contributed by atoms with Gasteiger partial charge in [-0.15, -0.1) is 11.3 Å². The summed E-state index contributed by atoms with van der Waals surface area (Å²) in [5.74, 6) is 0.467. The number of rotatable bonds is 4. The van der Waals surface area contributed by atoms with Gasteiger partial charge in [0.1, 0.15) is 16.0 Å². The number of nitrogens with one attached hydrogen (secondary N) is 2. The molecule has 2 aromatic rings. The van der Waals surface area contributed by atoms with Gasteiger partial charge in [-0.05, 0) is 66.8 Å². The Bertz CT molecular complexity index is 1170. The van der Waals surface area contributed by atoms with Gasteiger partial charge in [0, 0.05) is 40.1 Å². The van der Waals surface area contributed by atoms with E-state index in [1.165, 1.54) is 11.3 Å². The monoisotopic (exact) mass is 526 g/mol. The number of hydrazine groups is 2. The summed E-state index contributed by atoms with van der Waals surface area (Å²) in [6.45, 7) is 7.54. The van der Waals surface area contributed by atoms with Gasteiger partial charge < -0.3 is 0 Å². The molecule has 31 heavy (non-hydrogen) atoms. The summed E-state index contributed by atoms with van der Waals surface area (Å²) in [5.41, 5.74) is 7.04. The van der Waals surface area contributed by atoms with Crippen molar-refractivity contribution in [3.8, 4) is 0 Å². The number of fused-ring (bicyclic) bond motifs is 4. The Morgan fingerprint density at radius 2 is 1.94 bits per heavy atom. The fourth-order valence-electron chi connectivity index (χ4n) is 6.04. The number of thiophene rings is 1. The first-order valence-electron chi connectivity index (χ1n) is 12.7. The molecule has 1 saturated heterocycles. The second kappa shape index (κ2) is 7.46. The van der Waals surface area contributed by atoms with Gasteiger partial charge in [-0.2, -0.15) is 5.53 Å². The maximum Gasteiger partial charge on any atom is 0.271 e. The molecule has 1 aliphatic heterocycles. The van der Waals surface area contributed by atoms with E-state index in [1.54, 1.807) is 0 Å². The maximum atomic E-state index is 13.4. The number of halogens is 1. The van der Waals surface area contributed by atoms with Gasteiger partial charge >= 0.3 is 0 Å². The van der Waals surface area contributed by atoms with Crippen LogP contribution in [0.3, 0.4) is 0 Å². The Morgan fingerprint density at radius 1 is 1.26 bits per heavy atom. The molecule has 2 aromatic heterocycles. The lowest BCUT2D eigenvalue weighted by Gasteiger charge is -2.55. The van der Waals surface area contributed by atoms with E-state index < -0.39 is 20.6 Å². The van der Waals surface area contributed by atoms with Crippen molar-refractivity contribution in [2.45, 2.75) is 76.5 Å². The van der Waals surface area contributed by atoms with Gasteiger partial charge in [-0.3, -0.25) is 9.36 Å². The number of aromatic nitrogens is 2. The SMILES string of the molecule is [2H]C([2H])([2H])n1c(C23CCC(C4CN(C[Si](C)(C)C)NN4)(CC2)CC3)nc2c(Br)c(C)sc2c1=O. The smallest absolute Gasteiger partial charge is 0.271 e. The number of nitrogens with zero attached hydrogens (tertiary/aromatic N) is 3. The van der Waals surface area contributed by atoms with Gasteiger partial charge in [0.15, 0.2) is 0 Å². The van der Waals surface area contributed by atoms with E-state index in [2.05, 4.69) is 51.5 Å². The highest BCUT2D eigenvalue weighted by Crippen LogP contribution is 2.59. The van der Waals surface area contributed by atoms with E-state index in [0.29, 0.717) is 22.1 Å². The highest BCUT2D eigenvalue weighted by atomic mass is 79.9. The zero-order valence-electron chi connectivity index (χ0n) is 21.8. The lowest BCUT2D eigenvalue weighted by molar-refractivity contribution is 0.00810. The second-order valence-corrected chi connectivity index (χ2v) is 18.6. The van der Waals surface area contributed by atoms with Gasteiger partial charge in [0.25, 0.3) is 5.56 Å². The summed E-state index contributed by atoms with van der Waals surface area (Å²) in [5, 5.41) is 2.35. The summed E-state index contributed by atoms with van der Waals surface area (Å²) < 4.78 is 26.8. The minimum atomic E-state index is -2.55. The first kappa shape index (κ1) is 18.8. The van der Waals surface area contributed by atoms with Gasteiger partial charge in [-0.1, -0.05) is 19.6 Å². The first-order chi connectivity index (χ1) is 15.7. The zero-order valence-corrected chi connectivity index (χ0v) is 22.2. The van der Waals surface area contributed by atoms with Crippen LogP contribution < -0.4 is 16.5 Å². The van der Waals surface area contributed by atoms with E-state index in [0.717, 1.165) is 65.2 Å². The van der Waals surface area contributed by atoms with Crippen LogP contribution in [0.25, 0.3) is 10.2 Å². The molecular weight excluding hydrogens is 490 g/mol. The van der Waals surface area contributed by atoms with Crippen molar-refractivity contribution in [1.82, 2.24) is 25.5 Å². The van der Waals surface area contributed by atoms with Gasteiger partial charge in [-0.25, -0.2) is 15.4 Å². The number of aryl methyl sites for hydroxylation is 1. The van der Waals surface area contributed by atoms with Crippen LogP contribution in [0.2, 0.25) is 19.6 Å². The zero-order chi connectivity index (χ0) is 24.7. The van der Waals surface area contributed by atoms with Crippen LogP contribution in [0, 0.1) is 12.3 Å². The van der Waals surface area contributed by atoms with E-state index in [-0.39, 0.29) is 10.8 Å². The summed E-state index contributed by atoms with van der Waals surface area (Å²) in [6, 6.07) is 0.385. The molecule has 6 nitrogen and oxygen atoms in total. The summed E-state index contributed by atoms with van der Waals surface area (Å²) in [7, 11) is -1.21. The third-order valence-electron chi connectivity index (χ3n) is 7.80. The van der Waals surface area contributed by atoms with Crippen LogP contribution in [0.5, 0.6) is 0 Å². The summed E-state index contributed by atoms with van der Waals surface area (Å²) >= 11 is 4.91.